The van der Waals surface area contributed by atoms with Crippen molar-refractivity contribution in [2.75, 3.05) is 34.0 Å². The van der Waals surface area contributed by atoms with E-state index < -0.39 is 85.9 Å². The number of pyridine rings is 1. The molecule has 0 radical (unpaired) electrons. The van der Waals surface area contributed by atoms with Gasteiger partial charge in [-0.15, -0.1) is 0 Å². The lowest BCUT2D eigenvalue weighted by molar-refractivity contribution is -0.244. The van der Waals surface area contributed by atoms with Crippen LogP contribution in [0.3, 0.4) is 0 Å². The van der Waals surface area contributed by atoms with Crippen LogP contribution in [0.5, 0.6) is 17.4 Å². The zero-order chi connectivity index (χ0) is 45.4. The van der Waals surface area contributed by atoms with Crippen LogP contribution >= 0.6 is 0 Å². The number of alkyl halides is 3. The summed E-state index contributed by atoms with van der Waals surface area (Å²) >= 11 is 0. The number of carbonyl (C=O) groups is 4. The van der Waals surface area contributed by atoms with Crippen molar-refractivity contribution in [1.29, 1.82) is 0 Å². The first-order valence-corrected chi connectivity index (χ1v) is 22.2. The molecule has 6 rings (SSSR count). The van der Waals surface area contributed by atoms with Gasteiger partial charge in [0.15, 0.2) is 0 Å². The molecule has 342 valence electrons. The minimum Gasteiger partial charge on any atom is -0.497 e. The quantitative estimate of drug-likeness (QED) is 0.192. The highest BCUT2D eigenvalue weighted by Gasteiger charge is 2.63. The second-order valence-corrected chi connectivity index (χ2v) is 19.9. The van der Waals surface area contributed by atoms with Crippen LogP contribution in [0.15, 0.2) is 36.5 Å². The number of amides is 4. The van der Waals surface area contributed by atoms with E-state index in [2.05, 4.69) is 20.3 Å². The topological polar surface area (TPSA) is 201 Å². The summed E-state index contributed by atoms with van der Waals surface area (Å²) in [6, 6.07) is 2.31. The van der Waals surface area contributed by atoms with Crippen molar-refractivity contribution in [3.05, 3.63) is 36.5 Å². The molecule has 3 N–H and O–H groups in total. The number of sulfonamides is 1. The van der Waals surface area contributed by atoms with Gasteiger partial charge in [0.1, 0.15) is 41.8 Å². The van der Waals surface area contributed by atoms with Gasteiger partial charge < -0.3 is 39.2 Å². The van der Waals surface area contributed by atoms with Crippen LogP contribution < -0.4 is 29.6 Å². The standard InChI is InChI=1S/C42H56F3N5O11S/c1-24-10-8-9-11-26-21-41(26,37(53)49-62(55,56)40(5)14-15-40)48-34(51)31-20-28(60-35-29-13-12-27(58-7)19-30(29)32(22-46-35)59-17-16-57-6)23-50(31)36(52)33(25(2)18-24)47-38(54)61-39(3,4)42(43,44)45/h9,11-13,19,22,24-26,28,31,33H,8,10,14-18,20-21,23H2,1-7H3,(H,47,54)(H,48,51)(H,49,53)/b11-9-/t24-,25-,26-,28-,31+,33+,41-/m1/s1. The third kappa shape index (κ3) is 9.85. The molecule has 0 bridgehead atoms. The molecule has 2 aliphatic carbocycles. The number of hydrogen-bond donors (Lipinski definition) is 3. The Morgan fingerprint density at radius 3 is 2.45 bits per heavy atom. The van der Waals surface area contributed by atoms with Crippen molar-refractivity contribution in [3.63, 3.8) is 0 Å². The lowest BCUT2D eigenvalue weighted by Crippen LogP contribution is -2.59. The summed E-state index contributed by atoms with van der Waals surface area (Å²) in [5.41, 5.74) is -4.57. The fourth-order valence-electron chi connectivity index (χ4n) is 7.94. The Labute approximate surface area is 359 Å². The highest BCUT2D eigenvalue weighted by Crippen LogP contribution is 2.48. The van der Waals surface area contributed by atoms with Gasteiger partial charge in [-0.05, 0) is 89.3 Å². The van der Waals surface area contributed by atoms with Gasteiger partial charge in [0.25, 0.3) is 5.91 Å². The fourth-order valence-corrected chi connectivity index (χ4v) is 9.25. The van der Waals surface area contributed by atoms with Crippen molar-refractivity contribution in [3.8, 4) is 17.4 Å². The summed E-state index contributed by atoms with van der Waals surface area (Å²) in [7, 11) is -1.05. The first kappa shape index (κ1) is 46.6. The largest absolute Gasteiger partial charge is 0.497 e. The van der Waals surface area contributed by atoms with Gasteiger partial charge in [-0.3, -0.25) is 19.1 Å². The summed E-state index contributed by atoms with van der Waals surface area (Å²) in [6.45, 7) is 6.79. The van der Waals surface area contributed by atoms with Crippen LogP contribution in [0.1, 0.15) is 79.6 Å². The van der Waals surface area contributed by atoms with Crippen LogP contribution in [0.25, 0.3) is 10.8 Å². The molecule has 62 heavy (non-hydrogen) atoms. The Kier molecular flexibility index (Phi) is 13.3. The molecule has 2 saturated carbocycles. The fraction of sp³-hybridized carbons (Fsp3) is 0.643. The number of carbonyl (C=O) groups excluding carboxylic acids is 4. The third-order valence-corrected chi connectivity index (χ3v) is 14.6. The maximum atomic E-state index is 14.9. The molecule has 2 aliphatic heterocycles. The first-order valence-electron chi connectivity index (χ1n) is 20.7. The summed E-state index contributed by atoms with van der Waals surface area (Å²) < 4.78 is 96.7. The molecule has 0 spiro atoms. The molecule has 0 unspecified atom stereocenters. The summed E-state index contributed by atoms with van der Waals surface area (Å²) in [5, 5.41) is 6.27. The van der Waals surface area contributed by atoms with Gasteiger partial charge in [0, 0.05) is 30.2 Å². The SMILES string of the molecule is COCCOc1cnc(O[C@@H]2C[C@H]3C(=O)N[C@]4(C(=O)NS(=O)(=O)C5(C)CC5)C[C@H]4/C=C\CC[C@@H](C)C[C@@H](C)[C@H](NC(=O)OC(C)(C)C(F)(F)F)C(=O)N3C2)c2ccc(OC)cc12. The monoisotopic (exact) mass is 895 g/mol. The molecule has 3 heterocycles. The second kappa shape index (κ2) is 17.7. The average Bonchev–Trinajstić information content (AvgIpc) is 4.08. The number of aromatic nitrogens is 1. The van der Waals surface area contributed by atoms with Crippen molar-refractivity contribution in [2.45, 2.75) is 120 Å². The number of methoxy groups -OCH3 is 2. The van der Waals surface area contributed by atoms with Crippen molar-refractivity contribution >= 4 is 44.6 Å². The molecular weight excluding hydrogens is 840 g/mol. The van der Waals surface area contributed by atoms with Gasteiger partial charge in [-0.2, -0.15) is 13.2 Å². The number of halogens is 3. The Hall–Kier alpha value is -4.85. The molecule has 1 aromatic heterocycles. The summed E-state index contributed by atoms with van der Waals surface area (Å²) in [4.78, 5) is 62.3. The number of hydrogen-bond acceptors (Lipinski definition) is 12. The van der Waals surface area contributed by atoms with Gasteiger partial charge in [0.2, 0.25) is 33.3 Å². The smallest absolute Gasteiger partial charge is 0.427 e. The lowest BCUT2D eigenvalue weighted by Gasteiger charge is -2.34. The van der Waals surface area contributed by atoms with Crippen molar-refractivity contribution in [2.24, 2.45) is 17.8 Å². The van der Waals surface area contributed by atoms with Crippen LogP contribution in [-0.4, -0.2) is 116 Å². The molecule has 16 nitrogen and oxygen atoms in total. The number of ether oxygens (including phenoxy) is 5. The van der Waals surface area contributed by atoms with E-state index in [1.165, 1.54) is 32.2 Å². The average molecular weight is 896 g/mol. The van der Waals surface area contributed by atoms with Crippen molar-refractivity contribution < 1.29 is 64.5 Å². The van der Waals surface area contributed by atoms with E-state index in [4.69, 9.17) is 23.7 Å². The van der Waals surface area contributed by atoms with Crippen LogP contribution in [0.4, 0.5) is 18.0 Å². The zero-order valence-corrected chi connectivity index (χ0v) is 36.7. The Morgan fingerprint density at radius 2 is 1.79 bits per heavy atom. The van der Waals surface area contributed by atoms with E-state index in [1.54, 1.807) is 31.2 Å². The van der Waals surface area contributed by atoms with E-state index in [1.807, 2.05) is 13.0 Å². The van der Waals surface area contributed by atoms with Crippen LogP contribution in [-0.2, 0) is 33.9 Å². The van der Waals surface area contributed by atoms with Gasteiger partial charge in [-0.1, -0.05) is 26.0 Å². The highest BCUT2D eigenvalue weighted by atomic mass is 32.2. The number of rotatable bonds is 12. The Bertz CT molecular complexity index is 2180. The zero-order valence-electron chi connectivity index (χ0n) is 35.9. The number of allylic oxidation sites excluding steroid dienone is 1. The van der Waals surface area contributed by atoms with E-state index in [9.17, 15) is 40.8 Å². The van der Waals surface area contributed by atoms with E-state index in [-0.39, 0.29) is 37.8 Å². The molecule has 7 atom stereocenters. The maximum absolute atomic E-state index is 14.9. The number of benzene rings is 1. The molecule has 2 aromatic rings. The number of nitrogens with zero attached hydrogens (tertiary/aromatic N) is 2. The normalized spacial score (nSPS) is 28.3. The molecule has 1 aromatic carbocycles. The molecule has 4 aliphatic rings. The van der Waals surface area contributed by atoms with Gasteiger partial charge in [-0.25, -0.2) is 18.2 Å². The van der Waals surface area contributed by atoms with Crippen LogP contribution in [0.2, 0.25) is 0 Å². The molecule has 20 heteroatoms. The summed E-state index contributed by atoms with van der Waals surface area (Å²) in [5.74, 6) is -2.74. The molecule has 1 saturated heterocycles. The Morgan fingerprint density at radius 1 is 1.06 bits per heavy atom. The predicted molar refractivity (Wildman–Crippen MR) is 219 cm³/mol. The van der Waals surface area contributed by atoms with E-state index in [0.717, 1.165) is 0 Å². The van der Waals surface area contributed by atoms with Crippen LogP contribution in [0, 0.1) is 17.8 Å². The Balaban J connectivity index is 1.36. The van der Waals surface area contributed by atoms with Gasteiger partial charge in [0.05, 0.1) is 31.2 Å². The third-order valence-electron chi connectivity index (χ3n) is 12.4. The highest BCUT2D eigenvalue weighted by molar-refractivity contribution is 7.91. The number of alkyl carbamates (subject to hydrolysis) is 1. The number of fused-ring (bicyclic) bond motifs is 3. The molecule has 3 fully saturated rings. The second-order valence-electron chi connectivity index (χ2n) is 17.7. The maximum Gasteiger partial charge on any atom is 0.427 e. The predicted octanol–water partition coefficient (Wildman–Crippen LogP) is 4.94. The van der Waals surface area contributed by atoms with Gasteiger partial charge >= 0.3 is 12.3 Å². The lowest BCUT2D eigenvalue weighted by atomic mass is 9.88. The van der Waals surface area contributed by atoms with E-state index in [0.29, 0.717) is 74.8 Å². The molecule has 4 amide bonds. The number of nitrogens with one attached hydrogen (secondary N) is 3. The summed E-state index contributed by atoms with van der Waals surface area (Å²) in [6.07, 6.45) is -0.0971. The van der Waals surface area contributed by atoms with Crippen molar-refractivity contribution in [1.82, 2.24) is 25.2 Å². The first-order chi connectivity index (χ1) is 29.0. The molecular formula is C42H56F3N5O11S. The minimum atomic E-state index is -4.93. The minimum absolute atomic E-state index is 0.0548. The van der Waals surface area contributed by atoms with E-state index >= 15 is 0 Å².